The first-order valence-electron chi connectivity index (χ1n) is 5.91. The minimum Gasteiger partial charge on any atom is -0.309 e. The second-order valence-electron chi connectivity index (χ2n) is 4.39. The fraction of sp³-hybridized carbons (Fsp3) is 0.200. The molecule has 0 amide bonds. The normalized spacial score (nSPS) is 12.5. The number of halogens is 3. The van der Waals surface area contributed by atoms with Gasteiger partial charge in [-0.05, 0) is 61.0 Å². The summed E-state index contributed by atoms with van der Waals surface area (Å²) < 4.78 is 26.5. The summed E-state index contributed by atoms with van der Waals surface area (Å²) in [4.78, 5) is 0. The summed E-state index contributed by atoms with van der Waals surface area (Å²) in [5.74, 6) is -0.638. The van der Waals surface area contributed by atoms with E-state index in [2.05, 4.69) is 5.32 Å². The first-order valence-corrected chi connectivity index (χ1v) is 6.29. The Balaban J connectivity index is 2.52. The van der Waals surface area contributed by atoms with Crippen molar-refractivity contribution in [1.82, 2.24) is 5.32 Å². The minimum atomic E-state index is -0.348. The van der Waals surface area contributed by atoms with E-state index in [1.165, 1.54) is 30.3 Å². The van der Waals surface area contributed by atoms with E-state index in [0.29, 0.717) is 10.6 Å². The predicted molar refractivity (Wildman–Crippen MR) is 73.4 cm³/mol. The van der Waals surface area contributed by atoms with Crippen molar-refractivity contribution in [3.8, 4) is 0 Å². The van der Waals surface area contributed by atoms with Gasteiger partial charge in [-0.2, -0.15) is 0 Å². The highest BCUT2D eigenvalue weighted by Gasteiger charge is 2.18. The minimum absolute atomic E-state index is 0.274. The molecule has 0 fully saturated rings. The lowest BCUT2D eigenvalue weighted by Gasteiger charge is -2.20. The van der Waals surface area contributed by atoms with Crippen LogP contribution in [0.5, 0.6) is 0 Å². The van der Waals surface area contributed by atoms with Crippen LogP contribution in [0.25, 0.3) is 0 Å². The Kier molecular flexibility index (Phi) is 4.17. The Hall–Kier alpha value is -1.45. The van der Waals surface area contributed by atoms with E-state index in [1.807, 2.05) is 6.92 Å². The number of hydrogen-bond donors (Lipinski definition) is 1. The van der Waals surface area contributed by atoms with E-state index in [9.17, 15) is 8.78 Å². The van der Waals surface area contributed by atoms with Crippen LogP contribution in [0.4, 0.5) is 8.78 Å². The zero-order valence-electron chi connectivity index (χ0n) is 10.7. The molecular formula is C15H14ClF2N. The van der Waals surface area contributed by atoms with Crippen molar-refractivity contribution in [3.63, 3.8) is 0 Å². The van der Waals surface area contributed by atoms with Gasteiger partial charge in [0.1, 0.15) is 11.6 Å². The van der Waals surface area contributed by atoms with Crippen molar-refractivity contribution in [1.29, 1.82) is 0 Å². The molecule has 19 heavy (non-hydrogen) atoms. The number of nitrogens with one attached hydrogen (secondary N) is 1. The number of aryl methyl sites for hydroxylation is 1. The quantitative estimate of drug-likeness (QED) is 0.887. The lowest BCUT2D eigenvalue weighted by molar-refractivity contribution is 0.611. The number of hydrogen-bond acceptors (Lipinski definition) is 1. The van der Waals surface area contributed by atoms with Gasteiger partial charge in [-0.1, -0.05) is 17.7 Å². The molecule has 100 valence electrons. The van der Waals surface area contributed by atoms with Crippen LogP contribution in [-0.4, -0.2) is 7.05 Å². The second kappa shape index (κ2) is 5.68. The van der Waals surface area contributed by atoms with Gasteiger partial charge in [0.2, 0.25) is 0 Å². The first-order chi connectivity index (χ1) is 9.02. The summed E-state index contributed by atoms with van der Waals surface area (Å²) >= 11 is 6.12. The van der Waals surface area contributed by atoms with Crippen LogP contribution >= 0.6 is 11.6 Å². The van der Waals surface area contributed by atoms with Gasteiger partial charge < -0.3 is 5.32 Å². The molecule has 1 atom stereocenters. The van der Waals surface area contributed by atoms with E-state index >= 15 is 0 Å². The van der Waals surface area contributed by atoms with Crippen molar-refractivity contribution >= 4 is 11.6 Å². The smallest absolute Gasteiger partial charge is 0.123 e. The molecule has 0 aliphatic carbocycles. The SMILES string of the molecule is CNC(c1ccc(F)cc1C)c1cc(F)ccc1Cl. The average molecular weight is 282 g/mol. The third kappa shape index (κ3) is 2.94. The molecule has 0 aromatic heterocycles. The van der Waals surface area contributed by atoms with E-state index in [-0.39, 0.29) is 17.7 Å². The first kappa shape index (κ1) is 14.0. The summed E-state index contributed by atoms with van der Waals surface area (Å²) in [6.45, 7) is 1.82. The maximum atomic E-state index is 13.4. The largest absolute Gasteiger partial charge is 0.309 e. The van der Waals surface area contributed by atoms with Crippen LogP contribution in [-0.2, 0) is 0 Å². The molecule has 1 unspecified atom stereocenters. The lowest BCUT2D eigenvalue weighted by Crippen LogP contribution is -2.19. The molecule has 1 N–H and O–H groups in total. The van der Waals surface area contributed by atoms with Gasteiger partial charge in [-0.15, -0.1) is 0 Å². The molecular weight excluding hydrogens is 268 g/mol. The Morgan fingerprint density at radius 1 is 1.00 bits per heavy atom. The van der Waals surface area contributed by atoms with E-state index < -0.39 is 0 Å². The van der Waals surface area contributed by atoms with Crippen molar-refractivity contribution < 1.29 is 8.78 Å². The van der Waals surface area contributed by atoms with Crippen LogP contribution in [0.1, 0.15) is 22.7 Å². The van der Waals surface area contributed by atoms with Crippen LogP contribution in [0.2, 0.25) is 5.02 Å². The van der Waals surface area contributed by atoms with Gasteiger partial charge in [-0.25, -0.2) is 8.78 Å². The highest BCUT2D eigenvalue weighted by atomic mass is 35.5. The highest BCUT2D eigenvalue weighted by molar-refractivity contribution is 6.31. The number of benzene rings is 2. The van der Waals surface area contributed by atoms with Crippen molar-refractivity contribution in [2.24, 2.45) is 0 Å². The fourth-order valence-electron chi connectivity index (χ4n) is 2.18. The van der Waals surface area contributed by atoms with E-state index in [0.717, 1.165) is 11.1 Å². The van der Waals surface area contributed by atoms with Crippen molar-refractivity contribution in [2.45, 2.75) is 13.0 Å². The van der Waals surface area contributed by atoms with E-state index in [1.54, 1.807) is 13.1 Å². The molecule has 2 aromatic rings. The van der Waals surface area contributed by atoms with Crippen LogP contribution in [0.3, 0.4) is 0 Å². The molecule has 0 radical (unpaired) electrons. The third-order valence-corrected chi connectivity index (χ3v) is 3.44. The average Bonchev–Trinajstić information content (AvgIpc) is 2.36. The molecule has 0 spiro atoms. The zero-order valence-corrected chi connectivity index (χ0v) is 11.4. The summed E-state index contributed by atoms with van der Waals surface area (Å²) in [7, 11) is 1.76. The zero-order chi connectivity index (χ0) is 14.0. The van der Waals surface area contributed by atoms with E-state index in [4.69, 9.17) is 11.6 Å². The maximum absolute atomic E-state index is 13.4. The molecule has 0 saturated carbocycles. The van der Waals surface area contributed by atoms with Crippen LogP contribution in [0, 0.1) is 18.6 Å². The monoisotopic (exact) mass is 281 g/mol. The molecule has 4 heteroatoms. The molecule has 1 nitrogen and oxygen atoms in total. The molecule has 0 saturated heterocycles. The van der Waals surface area contributed by atoms with Crippen LogP contribution < -0.4 is 5.32 Å². The predicted octanol–water partition coefficient (Wildman–Crippen LogP) is 4.24. The van der Waals surface area contributed by atoms with Gasteiger partial charge in [0.25, 0.3) is 0 Å². The second-order valence-corrected chi connectivity index (χ2v) is 4.80. The standard InChI is InChI=1S/C15H14ClF2N/c1-9-7-10(17)3-5-12(9)15(19-2)13-8-11(18)4-6-14(13)16/h3-8,15,19H,1-2H3. The van der Waals surface area contributed by atoms with Gasteiger partial charge in [0, 0.05) is 5.02 Å². The van der Waals surface area contributed by atoms with Crippen LogP contribution in [0.15, 0.2) is 36.4 Å². The highest BCUT2D eigenvalue weighted by Crippen LogP contribution is 2.30. The summed E-state index contributed by atoms with van der Waals surface area (Å²) in [6, 6.07) is 8.49. The summed E-state index contributed by atoms with van der Waals surface area (Å²) in [5.41, 5.74) is 2.30. The number of rotatable bonds is 3. The van der Waals surface area contributed by atoms with Crippen molar-refractivity contribution in [3.05, 3.63) is 69.7 Å². The summed E-state index contributed by atoms with van der Waals surface area (Å²) in [5, 5.41) is 3.57. The summed E-state index contributed by atoms with van der Waals surface area (Å²) in [6.07, 6.45) is 0. The molecule has 0 heterocycles. The van der Waals surface area contributed by atoms with Gasteiger partial charge >= 0.3 is 0 Å². The Bertz CT molecular complexity index is 599. The van der Waals surface area contributed by atoms with Gasteiger partial charge in [0.15, 0.2) is 0 Å². The topological polar surface area (TPSA) is 12.0 Å². The van der Waals surface area contributed by atoms with Gasteiger partial charge in [0.05, 0.1) is 6.04 Å². The Morgan fingerprint density at radius 2 is 1.63 bits per heavy atom. The molecule has 2 aromatic carbocycles. The Labute approximate surface area is 116 Å². The Morgan fingerprint density at radius 3 is 2.26 bits per heavy atom. The fourth-order valence-corrected chi connectivity index (χ4v) is 2.40. The molecule has 2 rings (SSSR count). The third-order valence-electron chi connectivity index (χ3n) is 3.10. The molecule has 0 bridgehead atoms. The van der Waals surface area contributed by atoms with Crippen molar-refractivity contribution in [2.75, 3.05) is 7.05 Å². The lowest BCUT2D eigenvalue weighted by atomic mass is 9.95. The van der Waals surface area contributed by atoms with Gasteiger partial charge in [-0.3, -0.25) is 0 Å². The maximum Gasteiger partial charge on any atom is 0.123 e. The molecule has 0 aliphatic heterocycles. The molecule has 0 aliphatic rings.